The topological polar surface area (TPSA) is 38.9 Å². The first-order valence-electron chi connectivity index (χ1n) is 5.28. The molecule has 2 rings (SSSR count). The normalized spacial score (nSPS) is 9.27. The molecule has 0 saturated carbocycles. The molecule has 0 bridgehead atoms. The minimum Gasteiger partial charge on any atom is -0.334 e. The van der Waals surface area contributed by atoms with Gasteiger partial charge in [0.15, 0.2) is 5.82 Å². The highest BCUT2D eigenvalue weighted by atomic mass is 16.5. The molecule has 1 heterocycles. The summed E-state index contributed by atoms with van der Waals surface area (Å²) in [5.74, 6) is 1.34. The van der Waals surface area contributed by atoms with E-state index in [9.17, 15) is 0 Å². The van der Waals surface area contributed by atoms with Crippen LogP contribution >= 0.6 is 0 Å². The average molecular weight is 204 g/mol. The Labute approximate surface area is 90.1 Å². The highest BCUT2D eigenvalue weighted by Crippen LogP contribution is 2.15. The lowest BCUT2D eigenvalue weighted by Crippen LogP contribution is -1.81. The molecule has 15 heavy (non-hydrogen) atoms. The quantitative estimate of drug-likeness (QED) is 0.753. The van der Waals surface area contributed by atoms with Crippen molar-refractivity contribution in [3.63, 3.8) is 0 Å². The number of aryl methyl sites for hydroxylation is 1. The lowest BCUT2D eigenvalue weighted by atomic mass is 10.2. The van der Waals surface area contributed by atoms with E-state index in [0.717, 1.165) is 17.8 Å². The molecule has 0 aliphatic heterocycles. The van der Waals surface area contributed by atoms with Crippen LogP contribution in [0.1, 0.15) is 26.6 Å². The summed E-state index contributed by atoms with van der Waals surface area (Å²) in [6.45, 7) is 6.00. The predicted molar refractivity (Wildman–Crippen MR) is 60.5 cm³/mol. The smallest absolute Gasteiger partial charge is 0.257 e. The van der Waals surface area contributed by atoms with E-state index in [1.54, 1.807) is 0 Å². The summed E-state index contributed by atoms with van der Waals surface area (Å²) in [7, 11) is 0. The second-order valence-corrected chi connectivity index (χ2v) is 2.74. The van der Waals surface area contributed by atoms with Gasteiger partial charge in [-0.2, -0.15) is 4.98 Å². The average Bonchev–Trinajstić information content (AvgIpc) is 2.81. The monoisotopic (exact) mass is 204 g/mol. The summed E-state index contributed by atoms with van der Waals surface area (Å²) in [5.41, 5.74) is 0.967. The largest absolute Gasteiger partial charge is 0.334 e. The van der Waals surface area contributed by atoms with E-state index in [-0.39, 0.29) is 0 Å². The number of rotatable bonds is 2. The van der Waals surface area contributed by atoms with Crippen LogP contribution in [0.2, 0.25) is 0 Å². The van der Waals surface area contributed by atoms with E-state index in [4.69, 9.17) is 4.52 Å². The van der Waals surface area contributed by atoms with Crippen molar-refractivity contribution in [2.24, 2.45) is 0 Å². The first kappa shape index (κ1) is 11.4. The Morgan fingerprint density at radius 2 is 1.80 bits per heavy atom. The van der Waals surface area contributed by atoms with Gasteiger partial charge in [0.1, 0.15) is 0 Å². The van der Waals surface area contributed by atoms with Crippen LogP contribution in [0.5, 0.6) is 0 Å². The van der Waals surface area contributed by atoms with E-state index >= 15 is 0 Å². The summed E-state index contributed by atoms with van der Waals surface area (Å²) in [6, 6.07) is 9.76. The van der Waals surface area contributed by atoms with Crippen LogP contribution in [0, 0.1) is 0 Å². The van der Waals surface area contributed by atoms with Crippen molar-refractivity contribution in [1.29, 1.82) is 0 Å². The van der Waals surface area contributed by atoms with Gasteiger partial charge < -0.3 is 4.52 Å². The van der Waals surface area contributed by atoms with Crippen molar-refractivity contribution in [3.05, 3.63) is 36.2 Å². The lowest BCUT2D eigenvalue weighted by Gasteiger charge is -1.89. The third-order valence-corrected chi connectivity index (χ3v) is 1.81. The summed E-state index contributed by atoms with van der Waals surface area (Å²) in [6.07, 6.45) is 0.802. The first-order valence-corrected chi connectivity index (χ1v) is 5.28. The molecule has 0 saturated heterocycles. The SMILES string of the molecule is CC.CCc1noc(-c2ccccc2)n1. The molecule has 0 aliphatic carbocycles. The summed E-state index contributed by atoms with van der Waals surface area (Å²) >= 11 is 0. The number of aromatic nitrogens is 2. The van der Waals surface area contributed by atoms with Gasteiger partial charge in [-0.3, -0.25) is 0 Å². The van der Waals surface area contributed by atoms with Gasteiger partial charge in [-0.25, -0.2) is 0 Å². The molecule has 0 spiro atoms. The zero-order chi connectivity index (χ0) is 11.1. The fraction of sp³-hybridized carbons (Fsp3) is 0.333. The molecule has 3 heteroatoms. The van der Waals surface area contributed by atoms with Gasteiger partial charge in [-0.05, 0) is 12.1 Å². The van der Waals surface area contributed by atoms with E-state index in [1.807, 2.05) is 51.1 Å². The van der Waals surface area contributed by atoms with Gasteiger partial charge in [0.25, 0.3) is 5.89 Å². The highest BCUT2D eigenvalue weighted by molar-refractivity contribution is 5.51. The summed E-state index contributed by atoms with van der Waals surface area (Å²) in [4.78, 5) is 4.22. The van der Waals surface area contributed by atoms with Crippen molar-refractivity contribution in [3.8, 4) is 11.5 Å². The second kappa shape index (κ2) is 5.96. The Hall–Kier alpha value is -1.64. The third-order valence-electron chi connectivity index (χ3n) is 1.81. The molecule has 3 nitrogen and oxygen atoms in total. The molecule has 0 N–H and O–H groups in total. The van der Waals surface area contributed by atoms with E-state index in [2.05, 4.69) is 10.1 Å². The molecular formula is C12H16N2O. The van der Waals surface area contributed by atoms with Gasteiger partial charge in [0.2, 0.25) is 0 Å². The van der Waals surface area contributed by atoms with Crippen LogP contribution in [0.4, 0.5) is 0 Å². The maximum Gasteiger partial charge on any atom is 0.257 e. The summed E-state index contributed by atoms with van der Waals surface area (Å²) in [5, 5.41) is 3.82. The second-order valence-electron chi connectivity index (χ2n) is 2.74. The minimum atomic E-state index is 0.595. The van der Waals surface area contributed by atoms with E-state index in [0.29, 0.717) is 5.89 Å². The molecule has 1 aromatic heterocycles. The first-order chi connectivity index (χ1) is 7.40. The van der Waals surface area contributed by atoms with Crippen LogP contribution in [0.15, 0.2) is 34.9 Å². The standard InChI is InChI=1S/C10H10N2O.C2H6/c1-2-9-11-10(13-12-9)8-6-4-3-5-7-8;1-2/h3-7H,2H2,1H3;1-2H3. The van der Waals surface area contributed by atoms with Crippen LogP contribution in [-0.2, 0) is 6.42 Å². The lowest BCUT2D eigenvalue weighted by molar-refractivity contribution is 0.423. The van der Waals surface area contributed by atoms with Crippen LogP contribution in [-0.4, -0.2) is 10.1 Å². The van der Waals surface area contributed by atoms with Crippen molar-refractivity contribution in [1.82, 2.24) is 10.1 Å². The van der Waals surface area contributed by atoms with Crippen LogP contribution in [0.3, 0.4) is 0 Å². The molecule has 0 atom stereocenters. The number of hydrogen-bond donors (Lipinski definition) is 0. The van der Waals surface area contributed by atoms with Crippen molar-refractivity contribution < 1.29 is 4.52 Å². The molecule has 2 aromatic rings. The molecule has 0 unspecified atom stereocenters. The number of nitrogens with zero attached hydrogens (tertiary/aromatic N) is 2. The Morgan fingerprint density at radius 3 is 2.33 bits per heavy atom. The maximum atomic E-state index is 5.08. The Balaban J connectivity index is 0.000000531. The fourth-order valence-electron chi connectivity index (χ4n) is 1.10. The fourth-order valence-corrected chi connectivity index (χ4v) is 1.10. The zero-order valence-corrected chi connectivity index (χ0v) is 9.40. The minimum absolute atomic E-state index is 0.595. The Kier molecular flexibility index (Phi) is 4.54. The van der Waals surface area contributed by atoms with E-state index < -0.39 is 0 Å². The zero-order valence-electron chi connectivity index (χ0n) is 9.40. The molecule has 1 aromatic carbocycles. The number of hydrogen-bond acceptors (Lipinski definition) is 3. The van der Waals surface area contributed by atoms with Crippen molar-refractivity contribution >= 4 is 0 Å². The maximum absolute atomic E-state index is 5.08. The molecular weight excluding hydrogens is 188 g/mol. The van der Waals surface area contributed by atoms with Gasteiger partial charge in [-0.1, -0.05) is 44.1 Å². The van der Waals surface area contributed by atoms with Crippen molar-refractivity contribution in [2.45, 2.75) is 27.2 Å². The van der Waals surface area contributed by atoms with Gasteiger partial charge in [0, 0.05) is 12.0 Å². The molecule has 80 valence electrons. The predicted octanol–water partition coefficient (Wildman–Crippen LogP) is 3.33. The number of benzene rings is 1. The Bertz CT molecular complexity index is 382. The van der Waals surface area contributed by atoms with Gasteiger partial charge in [0.05, 0.1) is 0 Å². The Morgan fingerprint density at radius 1 is 1.13 bits per heavy atom. The van der Waals surface area contributed by atoms with Gasteiger partial charge >= 0.3 is 0 Å². The molecule has 0 fully saturated rings. The highest BCUT2D eigenvalue weighted by Gasteiger charge is 2.05. The van der Waals surface area contributed by atoms with Gasteiger partial charge in [-0.15, -0.1) is 0 Å². The van der Waals surface area contributed by atoms with Crippen LogP contribution in [0.25, 0.3) is 11.5 Å². The third kappa shape index (κ3) is 2.91. The molecule has 0 amide bonds. The van der Waals surface area contributed by atoms with Crippen molar-refractivity contribution in [2.75, 3.05) is 0 Å². The molecule has 0 radical (unpaired) electrons. The van der Waals surface area contributed by atoms with E-state index in [1.165, 1.54) is 0 Å². The summed E-state index contributed by atoms with van der Waals surface area (Å²) < 4.78 is 5.08. The molecule has 0 aliphatic rings. The van der Waals surface area contributed by atoms with Crippen LogP contribution < -0.4 is 0 Å².